The zero-order valence-electron chi connectivity index (χ0n) is 14.0. The van der Waals surface area contributed by atoms with Gasteiger partial charge in [0.05, 0.1) is 7.11 Å². The summed E-state index contributed by atoms with van der Waals surface area (Å²) in [5.74, 6) is -0.0307. The van der Waals surface area contributed by atoms with Crippen molar-refractivity contribution in [1.29, 1.82) is 0 Å². The van der Waals surface area contributed by atoms with Crippen molar-refractivity contribution < 1.29 is 19.1 Å². The zero-order chi connectivity index (χ0) is 17.9. The van der Waals surface area contributed by atoms with Crippen LogP contribution in [0.3, 0.4) is 0 Å². The average Bonchev–Trinajstić information content (AvgIpc) is 2.66. The molecule has 0 aliphatic rings. The van der Waals surface area contributed by atoms with Crippen LogP contribution < -0.4 is 10.1 Å². The maximum Gasteiger partial charge on any atom is 0.343 e. The van der Waals surface area contributed by atoms with Crippen molar-refractivity contribution in [2.75, 3.05) is 20.3 Å². The van der Waals surface area contributed by atoms with Crippen molar-refractivity contribution in [3.05, 3.63) is 66.0 Å². The molecule has 0 aliphatic carbocycles. The molecule has 130 valence electrons. The maximum absolute atomic E-state index is 11.8. The van der Waals surface area contributed by atoms with Crippen LogP contribution in [0.5, 0.6) is 5.75 Å². The van der Waals surface area contributed by atoms with Crippen molar-refractivity contribution in [2.24, 2.45) is 0 Å². The number of aromatic nitrogens is 1. The number of ether oxygens (including phenoxy) is 2. The lowest BCUT2D eigenvalue weighted by atomic mass is 10.2. The van der Waals surface area contributed by atoms with Gasteiger partial charge in [0.15, 0.2) is 6.61 Å². The number of hydrogen-bond donors (Lipinski definition) is 1. The number of pyridine rings is 1. The molecule has 1 N–H and O–H groups in total. The van der Waals surface area contributed by atoms with E-state index in [0.29, 0.717) is 12.3 Å². The average molecular weight is 340 g/mol. The van der Waals surface area contributed by atoms with Crippen LogP contribution in [0.2, 0.25) is 0 Å². The fourth-order valence-corrected chi connectivity index (χ4v) is 1.99. The first-order chi connectivity index (χ1) is 12.2. The molecule has 0 spiro atoms. The Bertz CT molecular complexity index is 712. The van der Waals surface area contributed by atoms with Crippen molar-refractivity contribution in [3.63, 3.8) is 0 Å². The minimum absolute atomic E-state index is 0.133. The summed E-state index contributed by atoms with van der Waals surface area (Å²) in [7, 11) is 1.31. The minimum atomic E-state index is -0.438. The first-order valence-electron chi connectivity index (χ1n) is 7.82. The third kappa shape index (κ3) is 6.87. The Kier molecular flexibility index (Phi) is 7.18. The van der Waals surface area contributed by atoms with Crippen LogP contribution in [-0.4, -0.2) is 37.1 Å². The van der Waals surface area contributed by atoms with E-state index in [9.17, 15) is 9.59 Å². The van der Waals surface area contributed by atoms with Crippen LogP contribution in [0.4, 0.5) is 0 Å². The lowest BCUT2D eigenvalue weighted by molar-refractivity contribution is -0.142. The number of carbonyl (C=O) groups is 2. The molecule has 0 bridgehead atoms. The van der Waals surface area contributed by atoms with Crippen LogP contribution in [0.1, 0.15) is 11.1 Å². The number of amides is 1. The summed E-state index contributed by atoms with van der Waals surface area (Å²) in [6, 6.07) is 10.9. The minimum Gasteiger partial charge on any atom is -0.482 e. The van der Waals surface area contributed by atoms with E-state index in [-0.39, 0.29) is 12.5 Å². The molecule has 25 heavy (non-hydrogen) atoms. The van der Waals surface area contributed by atoms with Gasteiger partial charge >= 0.3 is 5.97 Å². The Morgan fingerprint density at radius 1 is 1.12 bits per heavy atom. The number of rotatable bonds is 8. The predicted octanol–water partition coefficient (Wildman–Crippen LogP) is 2.01. The van der Waals surface area contributed by atoms with E-state index in [0.717, 1.165) is 17.5 Å². The molecular weight excluding hydrogens is 320 g/mol. The summed E-state index contributed by atoms with van der Waals surface area (Å²) in [6.45, 7) is 0.430. The summed E-state index contributed by atoms with van der Waals surface area (Å²) in [4.78, 5) is 26.8. The van der Waals surface area contributed by atoms with E-state index in [1.54, 1.807) is 42.7 Å². The van der Waals surface area contributed by atoms with Gasteiger partial charge < -0.3 is 14.8 Å². The van der Waals surface area contributed by atoms with Crippen molar-refractivity contribution in [1.82, 2.24) is 10.3 Å². The Morgan fingerprint density at radius 2 is 1.84 bits per heavy atom. The summed E-state index contributed by atoms with van der Waals surface area (Å²) in [5, 5.41) is 2.83. The van der Waals surface area contributed by atoms with Gasteiger partial charge in [0.25, 0.3) is 0 Å². The lowest BCUT2D eigenvalue weighted by Crippen LogP contribution is -2.23. The normalized spacial score (nSPS) is 10.4. The summed E-state index contributed by atoms with van der Waals surface area (Å²) < 4.78 is 9.75. The predicted molar refractivity (Wildman–Crippen MR) is 93.9 cm³/mol. The van der Waals surface area contributed by atoms with Gasteiger partial charge in [-0.1, -0.05) is 12.1 Å². The van der Waals surface area contributed by atoms with E-state index in [1.807, 2.05) is 12.1 Å². The Hall–Kier alpha value is -3.15. The Morgan fingerprint density at radius 3 is 2.52 bits per heavy atom. The quantitative estimate of drug-likeness (QED) is 0.587. The third-order valence-corrected chi connectivity index (χ3v) is 3.35. The first-order valence-corrected chi connectivity index (χ1v) is 7.82. The highest BCUT2D eigenvalue weighted by atomic mass is 16.6. The van der Waals surface area contributed by atoms with E-state index in [4.69, 9.17) is 4.74 Å². The van der Waals surface area contributed by atoms with Crippen LogP contribution >= 0.6 is 0 Å². The van der Waals surface area contributed by atoms with Gasteiger partial charge in [0, 0.05) is 25.0 Å². The topological polar surface area (TPSA) is 77.5 Å². The van der Waals surface area contributed by atoms with Crippen LogP contribution in [0, 0.1) is 0 Å². The second-order valence-electron chi connectivity index (χ2n) is 5.16. The van der Waals surface area contributed by atoms with Crippen LogP contribution in [-0.2, 0) is 20.7 Å². The Labute approximate surface area is 146 Å². The third-order valence-electron chi connectivity index (χ3n) is 3.35. The highest BCUT2D eigenvalue weighted by Gasteiger charge is 2.01. The van der Waals surface area contributed by atoms with Crippen molar-refractivity contribution in [2.45, 2.75) is 6.42 Å². The summed E-state index contributed by atoms with van der Waals surface area (Å²) >= 11 is 0. The monoisotopic (exact) mass is 340 g/mol. The molecule has 0 saturated carbocycles. The molecule has 1 heterocycles. The molecule has 6 heteroatoms. The molecule has 0 unspecified atom stereocenters. The molecule has 0 saturated heterocycles. The van der Waals surface area contributed by atoms with Gasteiger partial charge in [0.1, 0.15) is 5.75 Å². The van der Waals surface area contributed by atoms with Gasteiger partial charge in [-0.2, -0.15) is 0 Å². The summed E-state index contributed by atoms with van der Waals surface area (Å²) in [6.07, 6.45) is 7.42. The number of benzene rings is 1. The maximum atomic E-state index is 11.8. The molecular formula is C19H20N2O4. The SMILES string of the molecule is COC(=O)COc1ccc(/C=C/C(=O)NCCc2ccncc2)cc1. The molecule has 0 fully saturated rings. The smallest absolute Gasteiger partial charge is 0.343 e. The van der Waals surface area contributed by atoms with Gasteiger partial charge in [-0.25, -0.2) is 4.79 Å². The van der Waals surface area contributed by atoms with Crippen LogP contribution in [0.15, 0.2) is 54.9 Å². The molecule has 2 aromatic rings. The number of nitrogens with one attached hydrogen (secondary N) is 1. The van der Waals surface area contributed by atoms with Crippen LogP contribution in [0.25, 0.3) is 6.08 Å². The van der Waals surface area contributed by atoms with Gasteiger partial charge in [0.2, 0.25) is 5.91 Å². The second-order valence-corrected chi connectivity index (χ2v) is 5.16. The lowest BCUT2D eigenvalue weighted by Gasteiger charge is -2.04. The molecule has 0 atom stereocenters. The molecule has 6 nitrogen and oxygen atoms in total. The van der Waals surface area contributed by atoms with Gasteiger partial charge in [-0.05, 0) is 47.9 Å². The molecule has 1 amide bonds. The number of esters is 1. The van der Waals surface area contributed by atoms with Gasteiger partial charge in [-0.15, -0.1) is 0 Å². The largest absolute Gasteiger partial charge is 0.482 e. The standard InChI is InChI=1S/C19H20N2O4/c1-24-19(23)14-25-17-5-2-15(3-6-17)4-7-18(22)21-13-10-16-8-11-20-12-9-16/h2-9,11-12H,10,13-14H2,1H3,(H,21,22)/b7-4+. The molecule has 0 aliphatic heterocycles. The number of nitrogens with zero attached hydrogens (tertiary/aromatic N) is 1. The zero-order valence-corrected chi connectivity index (χ0v) is 14.0. The van der Waals surface area contributed by atoms with E-state index < -0.39 is 5.97 Å². The number of methoxy groups -OCH3 is 1. The highest BCUT2D eigenvalue weighted by molar-refractivity contribution is 5.91. The first kappa shape index (κ1) is 18.2. The van der Waals surface area contributed by atoms with E-state index in [1.165, 1.54) is 13.2 Å². The molecule has 1 aromatic carbocycles. The van der Waals surface area contributed by atoms with E-state index >= 15 is 0 Å². The van der Waals surface area contributed by atoms with E-state index in [2.05, 4.69) is 15.0 Å². The summed E-state index contributed by atoms with van der Waals surface area (Å²) in [5.41, 5.74) is 1.98. The molecule has 1 aromatic heterocycles. The second kappa shape index (κ2) is 9.87. The number of carbonyl (C=O) groups excluding carboxylic acids is 2. The molecule has 2 rings (SSSR count). The fraction of sp³-hybridized carbons (Fsp3) is 0.211. The number of hydrogen-bond acceptors (Lipinski definition) is 5. The van der Waals surface area contributed by atoms with Crippen molar-refractivity contribution >= 4 is 18.0 Å². The van der Waals surface area contributed by atoms with Crippen molar-refractivity contribution in [3.8, 4) is 5.75 Å². The molecule has 0 radical (unpaired) electrons. The van der Waals surface area contributed by atoms with Gasteiger partial charge in [-0.3, -0.25) is 9.78 Å². The fourth-order valence-electron chi connectivity index (χ4n) is 1.99. The highest BCUT2D eigenvalue weighted by Crippen LogP contribution is 2.13. The Balaban J connectivity index is 1.74.